The van der Waals surface area contributed by atoms with E-state index >= 15 is 0 Å². The van der Waals surface area contributed by atoms with E-state index in [2.05, 4.69) is 0 Å². The van der Waals surface area contributed by atoms with E-state index in [4.69, 9.17) is 61.7 Å². The van der Waals surface area contributed by atoms with Gasteiger partial charge in [-0.1, -0.05) is 24.3 Å². The van der Waals surface area contributed by atoms with E-state index in [1.807, 2.05) is 125 Å². The lowest BCUT2D eigenvalue weighted by atomic mass is 9.79. The van der Waals surface area contributed by atoms with Gasteiger partial charge in [0.25, 0.3) is 0 Å². The van der Waals surface area contributed by atoms with Gasteiger partial charge in [-0.3, -0.25) is 4.79 Å². The summed E-state index contributed by atoms with van der Waals surface area (Å²) in [5, 5.41) is 8.42. The Morgan fingerprint density at radius 2 is 0.887 bits per heavy atom. The third-order valence-corrected chi connectivity index (χ3v) is 9.55. The van der Waals surface area contributed by atoms with Crippen LogP contribution in [0.5, 0.6) is 11.5 Å². The molecule has 0 radical (unpaired) electrons. The number of hydrogen-bond acceptors (Lipinski definition) is 14. The summed E-state index contributed by atoms with van der Waals surface area (Å²) in [6.45, 7) is 24.2. The lowest BCUT2D eigenvalue weighted by Crippen LogP contribution is -2.41. The van der Waals surface area contributed by atoms with Crippen molar-refractivity contribution in [2.75, 3.05) is 66.1 Å². The van der Waals surface area contributed by atoms with Crippen molar-refractivity contribution >= 4 is 43.4 Å². The van der Waals surface area contributed by atoms with Crippen LogP contribution in [0, 0.1) is 0 Å². The van der Waals surface area contributed by atoms with E-state index in [-0.39, 0.29) is 62.4 Å². The number of carbonyl (C=O) groups excluding carboxylic acids is 2. The molecule has 2 aromatic carbocycles. The number of aliphatic carboxylic acids is 1. The van der Waals surface area contributed by atoms with Gasteiger partial charge in [0.2, 0.25) is 6.29 Å². The molecule has 2 fully saturated rings. The van der Waals surface area contributed by atoms with Gasteiger partial charge in [0.05, 0.1) is 62.0 Å². The Bertz CT molecular complexity index is 1620. The average Bonchev–Trinajstić information content (AvgIpc) is 3.52. The van der Waals surface area contributed by atoms with Gasteiger partial charge in [-0.15, -0.1) is 0 Å². The predicted octanol–water partition coefficient (Wildman–Crippen LogP) is 4.97. The fourth-order valence-corrected chi connectivity index (χ4v) is 4.96. The van der Waals surface area contributed by atoms with Gasteiger partial charge < -0.3 is 56.9 Å². The number of hydrogen-bond donors (Lipinski definition) is 1. The Hall–Kier alpha value is -3.75. The molecule has 0 atom stereocenters. The molecule has 0 aromatic heterocycles. The molecule has 0 bridgehead atoms. The summed E-state index contributed by atoms with van der Waals surface area (Å²) < 4.78 is 92.7. The summed E-state index contributed by atoms with van der Waals surface area (Å²) in [6.07, 6.45) is -5.70. The van der Waals surface area contributed by atoms with Crippen molar-refractivity contribution in [3.63, 3.8) is 0 Å². The Kier molecular flexibility index (Phi) is 21.4. The summed E-state index contributed by atoms with van der Waals surface area (Å²) >= 11 is 0. The first-order valence-corrected chi connectivity index (χ1v) is 20.1. The summed E-state index contributed by atoms with van der Waals surface area (Å²) in [5.74, 6) is 0.114. The summed E-state index contributed by atoms with van der Waals surface area (Å²) in [7, 11) is -0.767. The van der Waals surface area contributed by atoms with Crippen LogP contribution >= 0.6 is 0 Å². The highest BCUT2D eigenvalue weighted by Gasteiger charge is 2.52. The molecule has 4 rings (SSSR count). The molecule has 1 N–H and O–H groups in total. The zero-order chi connectivity index (χ0) is 46.8. The predicted molar refractivity (Wildman–Crippen MR) is 224 cm³/mol. The van der Waals surface area contributed by atoms with Gasteiger partial charge in [0, 0.05) is 0 Å². The summed E-state index contributed by atoms with van der Waals surface area (Å²) in [4.78, 5) is 30.5. The Morgan fingerprint density at radius 1 is 0.581 bits per heavy atom. The third-order valence-electron chi connectivity index (χ3n) is 9.55. The fraction of sp³-hybridized carbons (Fsp3) is 0.643. The molecule has 15 nitrogen and oxygen atoms in total. The number of aldehydes is 1. The van der Waals surface area contributed by atoms with Crippen LogP contribution in [0.1, 0.15) is 76.2 Å². The molecular weight excluding hydrogens is 823 g/mol. The topological polar surface area (TPSA) is 173 Å². The van der Waals surface area contributed by atoms with Crippen molar-refractivity contribution in [3.8, 4) is 11.5 Å². The standard InChI is InChI=1S/C22H35BO7.C18H27BO7.C2HF3O/c1-20(2,3)28-19(24)16-26-13-12-25-14-15-27-18-10-8-17(9-11-18)23-29-21(4,5)22(6,7)30-23;1-17(2)18(3,4)26-19(25-17)14-5-7-15(8-6-14)24-12-11-22-9-10-23-13-16(20)21;3-2(4,5)1-6/h8-11H,12-16H2,1-7H3;5-8H,9-13H2,1-4H3,(H,20,21);1H. The molecule has 348 valence electrons. The van der Waals surface area contributed by atoms with E-state index < -0.39 is 24.0 Å². The van der Waals surface area contributed by atoms with Crippen LogP contribution < -0.4 is 20.4 Å². The molecule has 0 unspecified atom stereocenters. The van der Waals surface area contributed by atoms with Crippen LogP contribution in [0.3, 0.4) is 0 Å². The lowest BCUT2D eigenvalue weighted by molar-refractivity contribution is -0.160. The highest BCUT2D eigenvalue weighted by atomic mass is 19.4. The van der Waals surface area contributed by atoms with E-state index in [9.17, 15) is 22.8 Å². The van der Waals surface area contributed by atoms with Gasteiger partial charge in [-0.2, -0.15) is 13.2 Å². The molecule has 62 heavy (non-hydrogen) atoms. The number of rotatable bonds is 20. The number of alkyl halides is 3. The van der Waals surface area contributed by atoms with E-state index in [1.54, 1.807) is 0 Å². The molecular formula is C42H63B2F3O15. The molecule has 0 saturated carbocycles. The van der Waals surface area contributed by atoms with Crippen LogP contribution in [0.2, 0.25) is 0 Å². The van der Waals surface area contributed by atoms with Gasteiger partial charge in [-0.05, 0) is 111 Å². The molecule has 20 heteroatoms. The second-order valence-electron chi connectivity index (χ2n) is 17.0. The zero-order valence-electron chi connectivity index (χ0n) is 37.7. The molecule has 2 aromatic rings. The number of carbonyl (C=O) groups is 3. The maximum atomic E-state index is 11.5. The normalized spacial score (nSPS) is 17.3. The van der Waals surface area contributed by atoms with Crippen molar-refractivity contribution < 1.29 is 84.4 Å². The van der Waals surface area contributed by atoms with Gasteiger partial charge in [-0.25, -0.2) is 9.59 Å². The summed E-state index contributed by atoms with van der Waals surface area (Å²) in [5.41, 5.74) is -0.0445. The zero-order valence-corrected chi connectivity index (χ0v) is 37.7. The first kappa shape index (κ1) is 54.4. The van der Waals surface area contributed by atoms with Crippen LogP contribution in [0.4, 0.5) is 13.2 Å². The largest absolute Gasteiger partial charge is 0.494 e. The van der Waals surface area contributed by atoms with Crippen LogP contribution in [-0.4, -0.2) is 138 Å². The Labute approximate surface area is 363 Å². The number of esters is 1. The molecule has 2 saturated heterocycles. The first-order chi connectivity index (χ1) is 28.7. The molecule has 2 heterocycles. The van der Waals surface area contributed by atoms with Crippen molar-refractivity contribution in [2.24, 2.45) is 0 Å². The van der Waals surface area contributed by atoms with Crippen LogP contribution in [0.25, 0.3) is 0 Å². The van der Waals surface area contributed by atoms with E-state index in [1.165, 1.54) is 0 Å². The number of benzene rings is 2. The minimum Gasteiger partial charge on any atom is -0.491 e. The SMILES string of the molecule is CC(C)(C)OC(=O)COCCOCCOc1ccc(B2OC(C)(C)C(C)(C)O2)cc1.CC1(C)OB(c2ccc(OCCOCCOCC(=O)O)cc2)OC1(C)C.O=CC(F)(F)F. The number of halogens is 3. The minimum atomic E-state index is -4.64. The van der Waals surface area contributed by atoms with Crippen molar-refractivity contribution in [1.29, 1.82) is 0 Å². The van der Waals surface area contributed by atoms with Crippen LogP contribution in [-0.2, 0) is 56.7 Å². The third kappa shape index (κ3) is 20.2. The van der Waals surface area contributed by atoms with Crippen molar-refractivity contribution in [1.82, 2.24) is 0 Å². The lowest BCUT2D eigenvalue weighted by Gasteiger charge is -2.32. The summed E-state index contributed by atoms with van der Waals surface area (Å²) in [6, 6.07) is 15.3. The highest BCUT2D eigenvalue weighted by molar-refractivity contribution is 6.62. The minimum absolute atomic E-state index is 0.0771. The average molecular weight is 887 g/mol. The Morgan fingerprint density at radius 3 is 1.19 bits per heavy atom. The van der Waals surface area contributed by atoms with Crippen LogP contribution in [0.15, 0.2) is 48.5 Å². The van der Waals surface area contributed by atoms with Crippen molar-refractivity contribution in [2.45, 2.75) is 110 Å². The Balaban J connectivity index is 0.000000380. The number of carboxylic acids is 1. The molecule has 0 spiro atoms. The van der Waals surface area contributed by atoms with Gasteiger partial charge >= 0.3 is 32.4 Å². The van der Waals surface area contributed by atoms with Gasteiger partial charge in [0.15, 0.2) is 0 Å². The maximum Gasteiger partial charge on any atom is 0.494 e. The second kappa shape index (κ2) is 24.4. The first-order valence-electron chi connectivity index (χ1n) is 20.1. The van der Waals surface area contributed by atoms with Gasteiger partial charge in [0.1, 0.15) is 43.5 Å². The molecule has 0 aliphatic carbocycles. The number of carboxylic acid groups (broad SMARTS) is 1. The monoisotopic (exact) mass is 886 g/mol. The molecule has 2 aliphatic rings. The maximum absolute atomic E-state index is 11.5. The quantitative estimate of drug-likeness (QED) is 0.0817. The highest BCUT2D eigenvalue weighted by Crippen LogP contribution is 2.37. The fourth-order valence-electron chi connectivity index (χ4n) is 4.96. The molecule has 0 amide bonds. The number of ether oxygens (including phenoxy) is 7. The second-order valence-corrected chi connectivity index (χ2v) is 17.0. The van der Waals surface area contributed by atoms with E-state index in [0.29, 0.717) is 46.2 Å². The smallest absolute Gasteiger partial charge is 0.491 e. The van der Waals surface area contributed by atoms with E-state index in [0.717, 1.165) is 22.4 Å². The molecule has 2 aliphatic heterocycles. The van der Waals surface area contributed by atoms with Crippen molar-refractivity contribution in [3.05, 3.63) is 48.5 Å².